The van der Waals surface area contributed by atoms with Crippen LogP contribution in [0.5, 0.6) is 5.75 Å². The summed E-state index contributed by atoms with van der Waals surface area (Å²) in [5, 5.41) is 5.04. The van der Waals surface area contributed by atoms with Crippen LogP contribution in [0.15, 0.2) is 54.7 Å². The Kier molecular flexibility index (Phi) is 4.64. The van der Waals surface area contributed by atoms with Gasteiger partial charge in [-0.05, 0) is 30.3 Å². The molecule has 0 aliphatic carbocycles. The van der Waals surface area contributed by atoms with Crippen molar-refractivity contribution in [1.82, 2.24) is 9.78 Å². The zero-order valence-corrected chi connectivity index (χ0v) is 13.4. The molecule has 0 aliphatic heterocycles. The number of nitrogens with zero attached hydrogens (tertiary/aromatic N) is 2. The summed E-state index contributed by atoms with van der Waals surface area (Å²) >= 11 is 6.10. The van der Waals surface area contributed by atoms with Crippen LogP contribution in [0, 0.1) is 12.3 Å². The number of terminal acetylenes is 1. The lowest BCUT2D eigenvalue weighted by Gasteiger charge is -2.09. The smallest absolute Gasteiger partial charge is 0.153 e. The lowest BCUT2D eigenvalue weighted by atomic mass is 10.1. The van der Waals surface area contributed by atoms with E-state index in [1.54, 1.807) is 29.1 Å². The zero-order chi connectivity index (χ0) is 16.9. The summed E-state index contributed by atoms with van der Waals surface area (Å²) in [5.74, 6) is 2.95. The number of aldehydes is 1. The molecule has 0 saturated heterocycles. The Bertz CT molecular complexity index is 911. The van der Waals surface area contributed by atoms with Gasteiger partial charge in [-0.2, -0.15) is 5.10 Å². The fourth-order valence-electron chi connectivity index (χ4n) is 2.33. The molecule has 3 rings (SSSR count). The molecule has 1 aromatic heterocycles. The molecule has 118 valence electrons. The number of aromatic nitrogens is 2. The average Bonchev–Trinajstić information content (AvgIpc) is 3.05. The van der Waals surface area contributed by atoms with Crippen molar-refractivity contribution in [2.24, 2.45) is 0 Å². The third-order valence-electron chi connectivity index (χ3n) is 3.40. The fourth-order valence-corrected chi connectivity index (χ4v) is 2.50. The predicted octanol–water partition coefficient (Wildman–Crippen LogP) is 4.02. The fraction of sp³-hybridized carbons (Fsp3) is 0.0526. The molecular weight excluding hydrogens is 324 g/mol. The van der Waals surface area contributed by atoms with Gasteiger partial charge in [0.2, 0.25) is 0 Å². The van der Waals surface area contributed by atoms with Crippen LogP contribution in [-0.2, 0) is 0 Å². The maximum absolute atomic E-state index is 11.5. The molecule has 0 atom stereocenters. The Morgan fingerprint density at radius 3 is 2.75 bits per heavy atom. The molecule has 4 nitrogen and oxygen atoms in total. The van der Waals surface area contributed by atoms with Crippen LogP contribution < -0.4 is 4.74 Å². The van der Waals surface area contributed by atoms with E-state index in [-0.39, 0.29) is 6.61 Å². The Labute approximate surface area is 144 Å². The van der Waals surface area contributed by atoms with E-state index < -0.39 is 0 Å². The average molecular weight is 337 g/mol. The molecule has 0 fully saturated rings. The van der Waals surface area contributed by atoms with E-state index in [0.717, 1.165) is 12.0 Å². The number of benzene rings is 2. The summed E-state index contributed by atoms with van der Waals surface area (Å²) < 4.78 is 7.19. The number of halogens is 1. The number of ether oxygens (including phenoxy) is 1. The molecule has 0 spiro atoms. The second-order valence-corrected chi connectivity index (χ2v) is 5.40. The van der Waals surface area contributed by atoms with Gasteiger partial charge in [-0.1, -0.05) is 35.7 Å². The minimum Gasteiger partial charge on any atom is -0.480 e. The molecule has 0 unspecified atom stereocenters. The van der Waals surface area contributed by atoms with Crippen molar-refractivity contribution in [3.05, 3.63) is 65.3 Å². The first kappa shape index (κ1) is 15.9. The van der Waals surface area contributed by atoms with Gasteiger partial charge in [0.15, 0.2) is 6.29 Å². The van der Waals surface area contributed by atoms with Gasteiger partial charge in [0.25, 0.3) is 0 Å². The lowest BCUT2D eigenvalue weighted by molar-refractivity contribution is 0.112. The van der Waals surface area contributed by atoms with Gasteiger partial charge in [0.05, 0.1) is 11.3 Å². The van der Waals surface area contributed by atoms with Crippen molar-refractivity contribution in [3.8, 4) is 35.0 Å². The third kappa shape index (κ3) is 3.17. The first-order valence-corrected chi connectivity index (χ1v) is 7.57. The summed E-state index contributed by atoms with van der Waals surface area (Å²) in [7, 11) is 0. The molecule has 5 heteroatoms. The van der Waals surface area contributed by atoms with E-state index >= 15 is 0 Å². The van der Waals surface area contributed by atoms with Crippen molar-refractivity contribution in [1.29, 1.82) is 0 Å². The second kappa shape index (κ2) is 7.03. The normalized spacial score (nSPS) is 10.2. The Morgan fingerprint density at radius 1 is 1.25 bits per heavy atom. The molecule has 0 saturated carbocycles. The number of carbonyl (C=O) groups excluding carboxylic acids is 1. The van der Waals surface area contributed by atoms with Gasteiger partial charge in [0.1, 0.15) is 18.1 Å². The Balaban J connectivity index is 2.13. The van der Waals surface area contributed by atoms with Crippen LogP contribution in [0.25, 0.3) is 16.9 Å². The van der Waals surface area contributed by atoms with Crippen LogP contribution in [-0.4, -0.2) is 22.7 Å². The van der Waals surface area contributed by atoms with Crippen LogP contribution in [0.2, 0.25) is 5.02 Å². The van der Waals surface area contributed by atoms with Gasteiger partial charge in [0, 0.05) is 16.8 Å². The molecule has 24 heavy (non-hydrogen) atoms. The van der Waals surface area contributed by atoms with Crippen molar-refractivity contribution in [2.75, 3.05) is 6.61 Å². The third-order valence-corrected chi connectivity index (χ3v) is 3.63. The lowest BCUT2D eigenvalue weighted by Crippen LogP contribution is -1.98. The highest BCUT2D eigenvalue weighted by Crippen LogP contribution is 2.33. The maximum atomic E-state index is 11.5. The summed E-state index contributed by atoms with van der Waals surface area (Å²) in [6.07, 6.45) is 7.68. The van der Waals surface area contributed by atoms with Gasteiger partial charge in [-0.25, -0.2) is 4.68 Å². The monoisotopic (exact) mass is 336 g/mol. The second-order valence-electron chi connectivity index (χ2n) is 4.96. The number of hydrogen-bond donors (Lipinski definition) is 0. The van der Waals surface area contributed by atoms with E-state index in [9.17, 15) is 4.79 Å². The highest BCUT2D eigenvalue weighted by Gasteiger charge is 2.16. The van der Waals surface area contributed by atoms with E-state index in [1.807, 2.05) is 30.3 Å². The number of hydrogen-bond acceptors (Lipinski definition) is 3. The van der Waals surface area contributed by atoms with Crippen molar-refractivity contribution < 1.29 is 9.53 Å². The Hall–Kier alpha value is -3.03. The summed E-state index contributed by atoms with van der Waals surface area (Å²) in [6, 6.07) is 14.6. The molecule has 0 aliphatic rings. The van der Waals surface area contributed by atoms with E-state index in [1.165, 1.54) is 0 Å². The first-order valence-electron chi connectivity index (χ1n) is 7.19. The highest BCUT2D eigenvalue weighted by molar-refractivity contribution is 6.31. The molecule has 0 N–H and O–H groups in total. The largest absolute Gasteiger partial charge is 0.480 e. The highest BCUT2D eigenvalue weighted by atomic mass is 35.5. The SMILES string of the molecule is C#CCOc1ccc(Cl)cc1-c1nn(-c2ccccc2)cc1C=O. The van der Waals surface area contributed by atoms with Crippen LogP contribution in [0.4, 0.5) is 0 Å². The zero-order valence-electron chi connectivity index (χ0n) is 12.6. The Morgan fingerprint density at radius 2 is 2.04 bits per heavy atom. The maximum Gasteiger partial charge on any atom is 0.153 e. The molecule has 0 bridgehead atoms. The van der Waals surface area contributed by atoms with Gasteiger partial charge in [-0.3, -0.25) is 4.79 Å². The molecule has 3 aromatic rings. The van der Waals surface area contributed by atoms with Crippen LogP contribution >= 0.6 is 11.6 Å². The molecule has 0 radical (unpaired) electrons. The quantitative estimate of drug-likeness (QED) is 0.522. The van der Waals surface area contributed by atoms with Crippen molar-refractivity contribution in [3.63, 3.8) is 0 Å². The van der Waals surface area contributed by atoms with E-state index in [0.29, 0.717) is 27.6 Å². The number of rotatable bonds is 5. The minimum absolute atomic E-state index is 0.116. The van der Waals surface area contributed by atoms with Crippen molar-refractivity contribution in [2.45, 2.75) is 0 Å². The minimum atomic E-state index is 0.116. The first-order chi connectivity index (χ1) is 11.7. The summed E-state index contributed by atoms with van der Waals surface area (Å²) in [6.45, 7) is 0.116. The van der Waals surface area contributed by atoms with E-state index in [4.69, 9.17) is 22.8 Å². The molecule has 0 amide bonds. The van der Waals surface area contributed by atoms with Gasteiger partial charge >= 0.3 is 0 Å². The molecule has 1 heterocycles. The van der Waals surface area contributed by atoms with Crippen LogP contribution in [0.1, 0.15) is 10.4 Å². The summed E-state index contributed by atoms with van der Waals surface area (Å²) in [5.41, 5.74) is 2.39. The van der Waals surface area contributed by atoms with Crippen molar-refractivity contribution >= 4 is 17.9 Å². The molecule has 2 aromatic carbocycles. The van der Waals surface area contributed by atoms with Crippen LogP contribution in [0.3, 0.4) is 0 Å². The number of para-hydroxylation sites is 1. The number of carbonyl (C=O) groups is 1. The standard InChI is InChI=1S/C19H13ClN2O2/c1-2-10-24-18-9-8-15(20)11-17(18)19-14(13-23)12-22(21-19)16-6-4-3-5-7-16/h1,3-9,11-13H,10H2. The van der Waals surface area contributed by atoms with E-state index in [2.05, 4.69) is 11.0 Å². The molecular formula is C19H13ClN2O2. The summed E-state index contributed by atoms with van der Waals surface area (Å²) in [4.78, 5) is 11.5. The topological polar surface area (TPSA) is 44.1 Å². The van der Waals surface area contributed by atoms with Gasteiger partial charge < -0.3 is 4.74 Å². The predicted molar refractivity (Wildman–Crippen MR) is 93.7 cm³/mol. The van der Waals surface area contributed by atoms with Gasteiger partial charge in [-0.15, -0.1) is 6.42 Å².